The monoisotopic (exact) mass is 303 g/mol. The molecule has 1 heterocycles. The van der Waals surface area contributed by atoms with Crippen molar-refractivity contribution in [3.8, 4) is 0 Å². The molecule has 0 aliphatic heterocycles. The van der Waals surface area contributed by atoms with Gasteiger partial charge in [0.1, 0.15) is 0 Å². The summed E-state index contributed by atoms with van der Waals surface area (Å²) in [6, 6.07) is 11.1. The van der Waals surface area contributed by atoms with Crippen LogP contribution in [0, 0.1) is 0 Å². The first-order valence-corrected chi connectivity index (χ1v) is 7.62. The predicted molar refractivity (Wildman–Crippen MR) is 82.3 cm³/mol. The number of carbonyl (C=O) groups is 2. The summed E-state index contributed by atoms with van der Waals surface area (Å²) in [5.41, 5.74) is 1.61. The van der Waals surface area contributed by atoms with Crippen LogP contribution in [0.3, 0.4) is 0 Å². The molecule has 0 saturated carbocycles. The van der Waals surface area contributed by atoms with Crippen LogP contribution in [0.1, 0.15) is 27.7 Å². The molecule has 0 radical (unpaired) electrons. The molecule has 0 spiro atoms. The number of ether oxygens (including phenoxy) is 1. The van der Waals surface area contributed by atoms with Crippen molar-refractivity contribution in [2.75, 3.05) is 6.61 Å². The normalized spacial score (nSPS) is 10.1. The van der Waals surface area contributed by atoms with E-state index in [1.807, 2.05) is 36.6 Å². The average Bonchev–Trinajstić information content (AvgIpc) is 3.04. The molecule has 0 aliphatic rings. The third kappa shape index (κ3) is 4.72. The fraction of sp³-hybridized carbons (Fsp3) is 0.250. The Labute approximate surface area is 127 Å². The van der Waals surface area contributed by atoms with Gasteiger partial charge in [-0.1, -0.05) is 25.1 Å². The summed E-state index contributed by atoms with van der Waals surface area (Å²) in [6.45, 7) is 2.24. The molecular weight excluding hydrogens is 286 g/mol. The Morgan fingerprint density at radius 3 is 2.57 bits per heavy atom. The molecule has 21 heavy (non-hydrogen) atoms. The van der Waals surface area contributed by atoms with Gasteiger partial charge < -0.3 is 10.1 Å². The van der Waals surface area contributed by atoms with Gasteiger partial charge in [-0.05, 0) is 35.6 Å². The first kappa shape index (κ1) is 15.3. The van der Waals surface area contributed by atoms with Crippen LogP contribution in [0.4, 0.5) is 0 Å². The van der Waals surface area contributed by atoms with Crippen LogP contribution in [0.2, 0.25) is 0 Å². The van der Waals surface area contributed by atoms with Crippen LogP contribution in [-0.2, 0) is 22.5 Å². The standard InChI is InChI=1S/C16H17NO3S/c1-2-12-5-7-13(8-6-12)16(19)20-11-15(18)17-10-14-4-3-9-21-14/h3-9H,2,10-11H2,1H3,(H,17,18). The van der Waals surface area contributed by atoms with E-state index in [0.717, 1.165) is 16.9 Å². The van der Waals surface area contributed by atoms with Crippen molar-refractivity contribution < 1.29 is 14.3 Å². The summed E-state index contributed by atoms with van der Waals surface area (Å²) in [6.07, 6.45) is 0.917. The van der Waals surface area contributed by atoms with Crippen molar-refractivity contribution >= 4 is 23.2 Å². The lowest BCUT2D eigenvalue weighted by molar-refractivity contribution is -0.124. The highest BCUT2D eigenvalue weighted by atomic mass is 32.1. The molecule has 0 unspecified atom stereocenters. The zero-order valence-corrected chi connectivity index (χ0v) is 12.6. The van der Waals surface area contributed by atoms with Gasteiger partial charge in [-0.3, -0.25) is 4.79 Å². The number of hydrogen-bond acceptors (Lipinski definition) is 4. The van der Waals surface area contributed by atoms with E-state index in [1.165, 1.54) is 0 Å². The number of thiophene rings is 1. The van der Waals surface area contributed by atoms with E-state index in [1.54, 1.807) is 23.5 Å². The molecular formula is C16H17NO3S. The lowest BCUT2D eigenvalue weighted by Crippen LogP contribution is -2.28. The molecule has 0 bridgehead atoms. The Kier molecular flexibility index (Phi) is 5.51. The second kappa shape index (κ2) is 7.59. The second-order valence-electron chi connectivity index (χ2n) is 4.48. The van der Waals surface area contributed by atoms with Crippen molar-refractivity contribution in [1.29, 1.82) is 0 Å². The third-order valence-electron chi connectivity index (χ3n) is 2.97. The number of esters is 1. The van der Waals surface area contributed by atoms with Crippen molar-refractivity contribution in [1.82, 2.24) is 5.32 Å². The molecule has 1 N–H and O–H groups in total. The fourth-order valence-electron chi connectivity index (χ4n) is 1.74. The Hall–Kier alpha value is -2.14. The molecule has 0 saturated heterocycles. The Morgan fingerprint density at radius 2 is 1.95 bits per heavy atom. The SMILES string of the molecule is CCc1ccc(C(=O)OCC(=O)NCc2cccs2)cc1. The molecule has 1 amide bonds. The zero-order chi connectivity index (χ0) is 15.1. The van der Waals surface area contributed by atoms with Gasteiger partial charge in [0.25, 0.3) is 5.91 Å². The number of amides is 1. The number of benzene rings is 1. The maximum atomic E-state index is 11.8. The quantitative estimate of drug-likeness (QED) is 0.835. The van der Waals surface area contributed by atoms with Gasteiger partial charge >= 0.3 is 5.97 Å². The maximum absolute atomic E-state index is 11.8. The summed E-state index contributed by atoms with van der Waals surface area (Å²) < 4.78 is 4.99. The topological polar surface area (TPSA) is 55.4 Å². The molecule has 0 aliphatic carbocycles. The van der Waals surface area contributed by atoms with Crippen LogP contribution in [0.25, 0.3) is 0 Å². The molecule has 2 rings (SSSR count). The van der Waals surface area contributed by atoms with Crippen LogP contribution >= 0.6 is 11.3 Å². The van der Waals surface area contributed by atoms with Crippen molar-refractivity contribution in [2.45, 2.75) is 19.9 Å². The van der Waals surface area contributed by atoms with Crippen LogP contribution < -0.4 is 5.32 Å². The highest BCUT2D eigenvalue weighted by Gasteiger charge is 2.10. The van der Waals surface area contributed by atoms with Gasteiger partial charge in [-0.2, -0.15) is 0 Å². The third-order valence-corrected chi connectivity index (χ3v) is 3.85. The van der Waals surface area contributed by atoms with Crippen LogP contribution in [0.5, 0.6) is 0 Å². The lowest BCUT2D eigenvalue weighted by atomic mass is 10.1. The van der Waals surface area contributed by atoms with Gasteiger partial charge in [-0.25, -0.2) is 4.79 Å². The van der Waals surface area contributed by atoms with Gasteiger partial charge in [-0.15, -0.1) is 11.3 Å². The fourth-order valence-corrected chi connectivity index (χ4v) is 2.39. The Bertz CT molecular complexity index is 590. The molecule has 2 aromatic rings. The molecule has 4 nitrogen and oxygen atoms in total. The van der Waals surface area contributed by atoms with Gasteiger partial charge in [0.05, 0.1) is 12.1 Å². The molecule has 110 valence electrons. The van der Waals surface area contributed by atoms with Crippen molar-refractivity contribution in [3.63, 3.8) is 0 Å². The minimum absolute atomic E-state index is 0.264. The van der Waals surface area contributed by atoms with E-state index < -0.39 is 5.97 Å². The second-order valence-corrected chi connectivity index (χ2v) is 5.51. The van der Waals surface area contributed by atoms with E-state index in [2.05, 4.69) is 5.32 Å². The van der Waals surface area contributed by atoms with Gasteiger partial charge in [0.2, 0.25) is 0 Å². The number of carbonyl (C=O) groups excluding carboxylic acids is 2. The van der Waals surface area contributed by atoms with E-state index >= 15 is 0 Å². The summed E-state index contributed by atoms with van der Waals surface area (Å²) in [7, 11) is 0. The first-order valence-electron chi connectivity index (χ1n) is 6.74. The van der Waals surface area contributed by atoms with Crippen molar-refractivity contribution in [2.24, 2.45) is 0 Å². The summed E-state index contributed by atoms with van der Waals surface area (Å²) >= 11 is 1.57. The minimum Gasteiger partial charge on any atom is -0.452 e. The molecule has 0 fully saturated rings. The zero-order valence-electron chi connectivity index (χ0n) is 11.8. The predicted octanol–water partition coefficient (Wildman–Crippen LogP) is 2.78. The van der Waals surface area contributed by atoms with Crippen LogP contribution in [0.15, 0.2) is 41.8 Å². The largest absolute Gasteiger partial charge is 0.452 e. The van der Waals surface area contributed by atoms with Crippen molar-refractivity contribution in [3.05, 3.63) is 57.8 Å². The van der Waals surface area contributed by atoms with Crippen LogP contribution in [-0.4, -0.2) is 18.5 Å². The lowest BCUT2D eigenvalue weighted by Gasteiger charge is -2.06. The summed E-state index contributed by atoms with van der Waals surface area (Å²) in [5, 5.41) is 4.65. The molecule has 1 aromatic heterocycles. The first-order chi connectivity index (χ1) is 10.2. The number of nitrogens with one attached hydrogen (secondary N) is 1. The minimum atomic E-state index is -0.482. The number of hydrogen-bond donors (Lipinski definition) is 1. The number of rotatable bonds is 6. The van der Waals surface area contributed by atoms with Gasteiger partial charge in [0.15, 0.2) is 6.61 Å². The number of aryl methyl sites for hydroxylation is 1. The smallest absolute Gasteiger partial charge is 0.338 e. The highest BCUT2D eigenvalue weighted by Crippen LogP contribution is 2.08. The van der Waals surface area contributed by atoms with E-state index in [9.17, 15) is 9.59 Å². The molecule has 1 aromatic carbocycles. The molecule has 0 atom stereocenters. The van der Waals surface area contributed by atoms with E-state index in [0.29, 0.717) is 12.1 Å². The Balaban J connectivity index is 1.76. The van der Waals surface area contributed by atoms with E-state index in [-0.39, 0.29) is 12.5 Å². The maximum Gasteiger partial charge on any atom is 0.338 e. The highest BCUT2D eigenvalue weighted by molar-refractivity contribution is 7.09. The summed E-state index contributed by atoms with van der Waals surface area (Å²) in [4.78, 5) is 24.4. The average molecular weight is 303 g/mol. The Morgan fingerprint density at radius 1 is 1.19 bits per heavy atom. The van der Waals surface area contributed by atoms with Gasteiger partial charge in [0, 0.05) is 4.88 Å². The van der Waals surface area contributed by atoms with E-state index in [4.69, 9.17) is 4.74 Å². The summed E-state index contributed by atoms with van der Waals surface area (Å²) in [5.74, 6) is -0.786. The molecule has 5 heteroatoms.